The number of oxazole rings is 1. The molecule has 1 atom stereocenters. The first-order valence-electron chi connectivity index (χ1n) is 21.7. The zero-order chi connectivity index (χ0) is 43.3. The molecule has 2 saturated heterocycles. The summed E-state index contributed by atoms with van der Waals surface area (Å²) >= 11 is 0. The third-order valence-corrected chi connectivity index (χ3v) is 13.7. The molecule has 2 aromatic carbocycles. The minimum absolute atomic E-state index is 0.0847. The largest absolute Gasteiger partial charge is 0.494 e. The molecule has 2 aliphatic carbocycles. The van der Waals surface area contributed by atoms with Crippen LogP contribution in [0.2, 0.25) is 0 Å². The average molecular weight is 852 g/mol. The SMILES string of the molecule is COc1cc2nc([C@H]3CC[C@H](CN4CC5(CCC(CCNc6cccc7c6C(=O)N(C6CCC(=O)NC6=O)C7=O)CC5)C4)CC3)oc2cc1NC(=O)c1cccc(C(C)(F)F)n1. The monoisotopic (exact) mass is 851 g/mol. The van der Waals surface area contributed by atoms with Crippen molar-refractivity contribution < 1.29 is 41.9 Å². The lowest BCUT2D eigenvalue weighted by Crippen LogP contribution is -2.58. The van der Waals surface area contributed by atoms with E-state index >= 15 is 0 Å². The number of carbonyl (C=O) groups is 5. The van der Waals surface area contributed by atoms with E-state index in [2.05, 4.69) is 25.8 Å². The Bertz CT molecular complexity index is 2430. The standard InChI is InChI=1S/C46H51F2N7O7/c1-45(47,48)37-8-4-7-31(50-37)40(57)51-32-22-36-33(21-35(32)61-2)52-42(62-36)28-11-9-27(10-12-28)23-54-24-46(25-54)18-15-26(16-19-46)17-20-49-30-6-3-5-29-39(30)44(60)55(43(29)59)34-13-14-38(56)53-41(34)58/h3-8,21-22,26-28,34,49H,9-20,23-25H2,1-2H3,(H,51,57)(H,53,56,58)/t27-,28-,34?. The molecule has 62 heavy (non-hydrogen) atoms. The highest BCUT2D eigenvalue weighted by molar-refractivity contribution is 6.25. The lowest BCUT2D eigenvalue weighted by molar-refractivity contribution is -0.136. The third-order valence-electron chi connectivity index (χ3n) is 13.7. The molecule has 5 aliphatic rings. The Balaban J connectivity index is 0.715. The van der Waals surface area contributed by atoms with Crippen molar-refractivity contribution in [2.45, 2.75) is 95.4 Å². The number of nitrogens with zero attached hydrogens (tertiary/aromatic N) is 4. The van der Waals surface area contributed by atoms with Crippen molar-refractivity contribution in [1.29, 1.82) is 0 Å². The molecule has 5 heterocycles. The summed E-state index contributed by atoms with van der Waals surface area (Å²) in [5, 5.41) is 8.39. The molecule has 326 valence electrons. The minimum atomic E-state index is -3.18. The van der Waals surface area contributed by atoms with E-state index in [-0.39, 0.29) is 30.0 Å². The number of piperidine rings is 1. The van der Waals surface area contributed by atoms with E-state index in [1.165, 1.54) is 51.0 Å². The van der Waals surface area contributed by atoms with Gasteiger partial charge in [0.2, 0.25) is 11.8 Å². The van der Waals surface area contributed by atoms with Gasteiger partial charge in [-0.2, -0.15) is 8.78 Å². The van der Waals surface area contributed by atoms with Crippen molar-refractivity contribution >= 4 is 52.0 Å². The van der Waals surface area contributed by atoms with E-state index in [9.17, 15) is 32.8 Å². The van der Waals surface area contributed by atoms with Crippen LogP contribution in [0.5, 0.6) is 5.75 Å². The molecule has 4 aromatic rings. The van der Waals surface area contributed by atoms with Crippen LogP contribution in [-0.2, 0) is 15.5 Å². The molecule has 1 spiro atoms. The van der Waals surface area contributed by atoms with Gasteiger partial charge in [0.05, 0.1) is 23.9 Å². The molecule has 9 rings (SSSR count). The number of methoxy groups -OCH3 is 1. The Hall–Kier alpha value is -5.77. The maximum atomic E-state index is 13.8. The van der Waals surface area contributed by atoms with E-state index in [1.807, 2.05) is 0 Å². The van der Waals surface area contributed by atoms with Crippen molar-refractivity contribution in [2.75, 3.05) is 43.9 Å². The second-order valence-electron chi connectivity index (χ2n) is 18.0. The lowest BCUT2D eigenvalue weighted by Gasteiger charge is -2.54. The molecular formula is C46H51F2N7O7. The molecule has 3 aliphatic heterocycles. The van der Waals surface area contributed by atoms with E-state index in [4.69, 9.17) is 14.1 Å². The van der Waals surface area contributed by atoms with Crippen LogP contribution in [0.4, 0.5) is 20.2 Å². The summed E-state index contributed by atoms with van der Waals surface area (Å²) in [7, 11) is 1.48. The summed E-state index contributed by atoms with van der Waals surface area (Å²) in [5.41, 5.74) is 2.41. The molecule has 4 fully saturated rings. The summed E-state index contributed by atoms with van der Waals surface area (Å²) in [6.45, 7) is 4.81. The molecule has 5 amide bonds. The van der Waals surface area contributed by atoms with Crippen LogP contribution < -0.4 is 20.7 Å². The van der Waals surface area contributed by atoms with Gasteiger partial charge in [-0.15, -0.1) is 0 Å². The number of amides is 5. The van der Waals surface area contributed by atoms with Gasteiger partial charge in [0.1, 0.15) is 28.7 Å². The number of rotatable bonds is 12. The smallest absolute Gasteiger partial charge is 0.287 e. The lowest BCUT2D eigenvalue weighted by atomic mass is 9.65. The summed E-state index contributed by atoms with van der Waals surface area (Å²) in [4.78, 5) is 76.1. The van der Waals surface area contributed by atoms with E-state index in [0.717, 1.165) is 63.6 Å². The number of anilines is 2. The first kappa shape index (κ1) is 41.6. The Kier molecular flexibility index (Phi) is 11.1. The van der Waals surface area contributed by atoms with Crippen molar-refractivity contribution in [3.63, 3.8) is 0 Å². The second-order valence-corrected chi connectivity index (χ2v) is 18.0. The number of hydrogen-bond acceptors (Lipinski definition) is 11. The fourth-order valence-corrected chi connectivity index (χ4v) is 10.4. The highest BCUT2D eigenvalue weighted by Crippen LogP contribution is 2.48. The molecule has 0 bridgehead atoms. The van der Waals surface area contributed by atoms with Crippen molar-refractivity contribution in [1.82, 2.24) is 25.1 Å². The van der Waals surface area contributed by atoms with Gasteiger partial charge in [-0.05, 0) is 106 Å². The molecule has 2 saturated carbocycles. The molecular weight excluding hydrogens is 801 g/mol. The highest BCUT2D eigenvalue weighted by atomic mass is 19.3. The van der Waals surface area contributed by atoms with E-state index in [1.54, 1.807) is 30.3 Å². The zero-order valence-electron chi connectivity index (χ0n) is 34.9. The Labute approximate surface area is 357 Å². The van der Waals surface area contributed by atoms with Crippen LogP contribution in [0.1, 0.15) is 126 Å². The normalized spacial score (nSPS) is 23.0. The number of aromatic nitrogens is 2. The Morgan fingerprint density at radius 3 is 2.42 bits per heavy atom. The fraction of sp³-hybridized carbons (Fsp3) is 0.500. The van der Waals surface area contributed by atoms with Crippen LogP contribution in [0.15, 0.2) is 52.9 Å². The summed E-state index contributed by atoms with van der Waals surface area (Å²) < 4.78 is 39.4. The van der Waals surface area contributed by atoms with Gasteiger partial charge >= 0.3 is 0 Å². The van der Waals surface area contributed by atoms with Crippen molar-refractivity contribution in [3.8, 4) is 5.75 Å². The number of alkyl halides is 2. The van der Waals surface area contributed by atoms with Crippen molar-refractivity contribution in [2.24, 2.45) is 17.3 Å². The number of imide groups is 2. The minimum Gasteiger partial charge on any atom is -0.494 e. The molecule has 14 nitrogen and oxygen atoms in total. The number of nitrogens with one attached hydrogen (secondary N) is 3. The van der Waals surface area contributed by atoms with E-state index < -0.39 is 47.2 Å². The number of likely N-dealkylation sites (tertiary alicyclic amines) is 1. The first-order valence-corrected chi connectivity index (χ1v) is 21.7. The Morgan fingerprint density at radius 2 is 1.69 bits per heavy atom. The quantitative estimate of drug-likeness (QED) is 0.122. The Morgan fingerprint density at radius 1 is 0.935 bits per heavy atom. The van der Waals surface area contributed by atoms with Gasteiger partial charge in [0.25, 0.3) is 23.6 Å². The number of halogens is 2. The van der Waals surface area contributed by atoms with Crippen LogP contribution in [0.25, 0.3) is 11.1 Å². The van der Waals surface area contributed by atoms with E-state index in [0.29, 0.717) is 63.5 Å². The number of ether oxygens (including phenoxy) is 1. The number of carbonyl (C=O) groups excluding carboxylic acids is 5. The van der Waals surface area contributed by atoms with Crippen LogP contribution >= 0.6 is 0 Å². The van der Waals surface area contributed by atoms with Gasteiger partial charge in [-0.3, -0.25) is 34.2 Å². The summed E-state index contributed by atoms with van der Waals surface area (Å²) in [6, 6.07) is 11.5. The number of pyridine rings is 1. The third kappa shape index (κ3) is 8.16. The molecule has 3 N–H and O–H groups in total. The number of benzene rings is 2. The summed E-state index contributed by atoms with van der Waals surface area (Å²) in [5.74, 6) is -3.39. The predicted octanol–water partition coefficient (Wildman–Crippen LogP) is 7.26. The van der Waals surface area contributed by atoms with Gasteiger partial charge in [0.15, 0.2) is 11.5 Å². The van der Waals surface area contributed by atoms with Gasteiger partial charge in [0, 0.05) is 63.3 Å². The maximum Gasteiger partial charge on any atom is 0.287 e. The average Bonchev–Trinajstić information content (AvgIpc) is 3.77. The fourth-order valence-electron chi connectivity index (χ4n) is 10.4. The molecule has 0 radical (unpaired) electrons. The molecule has 2 aromatic heterocycles. The maximum absolute atomic E-state index is 13.8. The highest BCUT2D eigenvalue weighted by Gasteiger charge is 2.47. The van der Waals surface area contributed by atoms with Crippen LogP contribution in [-0.4, -0.2) is 88.6 Å². The number of fused-ring (bicyclic) bond motifs is 2. The van der Waals surface area contributed by atoms with Crippen LogP contribution in [0, 0.1) is 17.3 Å². The molecule has 16 heteroatoms. The van der Waals surface area contributed by atoms with Gasteiger partial charge < -0.3 is 24.7 Å². The molecule has 1 unspecified atom stereocenters. The predicted molar refractivity (Wildman–Crippen MR) is 224 cm³/mol. The van der Waals surface area contributed by atoms with Crippen LogP contribution in [0.3, 0.4) is 0 Å². The zero-order valence-corrected chi connectivity index (χ0v) is 34.9. The van der Waals surface area contributed by atoms with Gasteiger partial charge in [-0.25, -0.2) is 9.97 Å². The summed E-state index contributed by atoms with van der Waals surface area (Å²) in [6.07, 6.45) is 10.1. The van der Waals surface area contributed by atoms with Crippen molar-refractivity contribution in [3.05, 3.63) is 76.9 Å². The first-order chi connectivity index (χ1) is 29.8. The van der Waals surface area contributed by atoms with Gasteiger partial charge in [-0.1, -0.05) is 12.1 Å². The second kappa shape index (κ2) is 16.5. The number of hydrogen-bond donors (Lipinski definition) is 3. The topological polar surface area (TPSA) is 176 Å².